The van der Waals surface area contributed by atoms with Crippen LogP contribution in [-0.2, 0) is 28.4 Å². The van der Waals surface area contributed by atoms with Crippen LogP contribution in [0, 0.1) is 0 Å². The molecule has 37 heavy (non-hydrogen) atoms. The summed E-state index contributed by atoms with van der Waals surface area (Å²) in [6.07, 6.45) is 3.14. The van der Waals surface area contributed by atoms with Crippen molar-refractivity contribution in [2.45, 2.75) is 70.0 Å². The molecule has 1 aliphatic heterocycles. The quantitative estimate of drug-likeness (QED) is 0.546. The maximum atomic E-state index is 14.3. The fraction of sp³-hybridized carbons (Fsp3) is 0.538. The Kier molecular flexibility index (Phi) is 6.63. The summed E-state index contributed by atoms with van der Waals surface area (Å²) < 4.78 is 41.1. The fourth-order valence-electron chi connectivity index (χ4n) is 5.76. The highest BCUT2D eigenvalue weighted by Crippen LogP contribution is 2.42. The SMILES string of the molecule is CCOC(=O)c1cn([C@H]2CC[C@H](N3CCOC3=O)CC2)c(=O)n(Cc2cccc3c2CCC3(F)F)c1=O. The molecule has 5 rings (SSSR count). The van der Waals surface area contributed by atoms with Crippen molar-refractivity contribution >= 4 is 12.1 Å². The number of nitrogens with zero attached hydrogens (tertiary/aromatic N) is 3. The van der Waals surface area contributed by atoms with Gasteiger partial charge in [0.25, 0.3) is 11.5 Å². The molecule has 11 heteroatoms. The van der Waals surface area contributed by atoms with Crippen molar-refractivity contribution in [3.63, 3.8) is 0 Å². The average molecular weight is 518 g/mol. The zero-order valence-electron chi connectivity index (χ0n) is 20.6. The Morgan fingerprint density at radius 1 is 1.14 bits per heavy atom. The molecule has 1 saturated heterocycles. The van der Waals surface area contributed by atoms with E-state index in [1.807, 2.05) is 0 Å². The highest BCUT2D eigenvalue weighted by Gasteiger charge is 2.40. The second-order valence-corrected chi connectivity index (χ2v) is 9.76. The van der Waals surface area contributed by atoms with Crippen molar-refractivity contribution in [1.29, 1.82) is 0 Å². The van der Waals surface area contributed by atoms with Crippen molar-refractivity contribution in [3.05, 3.63) is 67.5 Å². The lowest BCUT2D eigenvalue weighted by molar-refractivity contribution is -0.00186. The molecule has 2 heterocycles. The normalized spacial score (nSPS) is 22.6. The Morgan fingerprint density at radius 2 is 1.86 bits per heavy atom. The molecule has 3 aliphatic rings. The number of hydrogen-bond acceptors (Lipinski definition) is 6. The summed E-state index contributed by atoms with van der Waals surface area (Å²) in [6, 6.07) is 4.21. The molecule has 1 saturated carbocycles. The zero-order valence-corrected chi connectivity index (χ0v) is 20.6. The van der Waals surface area contributed by atoms with Crippen LogP contribution < -0.4 is 11.2 Å². The third-order valence-corrected chi connectivity index (χ3v) is 7.67. The van der Waals surface area contributed by atoms with Gasteiger partial charge >= 0.3 is 17.8 Å². The molecule has 0 N–H and O–H groups in total. The Bertz CT molecular complexity index is 1340. The van der Waals surface area contributed by atoms with Gasteiger partial charge in [-0.3, -0.25) is 13.9 Å². The summed E-state index contributed by atoms with van der Waals surface area (Å²) >= 11 is 0. The van der Waals surface area contributed by atoms with Gasteiger partial charge in [-0.1, -0.05) is 18.2 Å². The molecule has 0 spiro atoms. The number of carbonyl (C=O) groups excluding carboxylic acids is 2. The second kappa shape index (κ2) is 9.75. The first-order chi connectivity index (χ1) is 17.7. The van der Waals surface area contributed by atoms with Gasteiger partial charge in [0.05, 0.1) is 19.7 Å². The smallest absolute Gasteiger partial charge is 0.410 e. The van der Waals surface area contributed by atoms with E-state index in [0.717, 1.165) is 4.57 Å². The lowest BCUT2D eigenvalue weighted by Crippen LogP contribution is -2.45. The van der Waals surface area contributed by atoms with Crippen LogP contribution in [0.3, 0.4) is 0 Å². The largest absolute Gasteiger partial charge is 0.462 e. The van der Waals surface area contributed by atoms with Gasteiger partial charge in [0.1, 0.15) is 12.2 Å². The molecule has 0 bridgehead atoms. The van der Waals surface area contributed by atoms with Crippen molar-refractivity contribution in [1.82, 2.24) is 14.0 Å². The number of carbonyl (C=O) groups is 2. The number of rotatable bonds is 6. The maximum Gasteiger partial charge on any atom is 0.410 e. The van der Waals surface area contributed by atoms with E-state index >= 15 is 0 Å². The maximum absolute atomic E-state index is 14.3. The molecule has 1 aromatic heterocycles. The van der Waals surface area contributed by atoms with Crippen molar-refractivity contribution < 1.29 is 27.8 Å². The summed E-state index contributed by atoms with van der Waals surface area (Å²) in [7, 11) is 0. The summed E-state index contributed by atoms with van der Waals surface area (Å²) in [6.45, 7) is 2.34. The van der Waals surface area contributed by atoms with Crippen LogP contribution in [0.5, 0.6) is 0 Å². The molecule has 2 aromatic rings. The predicted molar refractivity (Wildman–Crippen MR) is 128 cm³/mol. The number of aromatic nitrogens is 2. The van der Waals surface area contributed by atoms with E-state index in [4.69, 9.17) is 9.47 Å². The minimum atomic E-state index is -2.95. The summed E-state index contributed by atoms with van der Waals surface area (Å²) in [4.78, 5) is 53.2. The lowest BCUT2D eigenvalue weighted by Gasteiger charge is -2.34. The van der Waals surface area contributed by atoms with Gasteiger partial charge in [-0.15, -0.1) is 0 Å². The Balaban J connectivity index is 1.50. The summed E-state index contributed by atoms with van der Waals surface area (Å²) in [5.74, 6) is -3.79. The Labute approximate surface area is 211 Å². The van der Waals surface area contributed by atoms with Gasteiger partial charge in [0.15, 0.2) is 0 Å². The van der Waals surface area contributed by atoms with E-state index in [-0.39, 0.29) is 55.3 Å². The van der Waals surface area contributed by atoms with E-state index in [1.54, 1.807) is 17.9 Å². The monoisotopic (exact) mass is 517 g/mol. The van der Waals surface area contributed by atoms with Crippen LogP contribution >= 0.6 is 0 Å². The number of fused-ring (bicyclic) bond motifs is 1. The zero-order chi connectivity index (χ0) is 26.3. The standard InChI is InChI=1S/C26H29F2N3O6/c1-2-36-23(33)20-15-30(18-8-6-17(7-9-18)29-12-13-37-25(29)35)24(34)31(22(20)32)14-16-4-3-5-21-19(16)10-11-26(21,27)28/h3-5,15,17-18H,2,6-14H2,1H3/t17-,18-. The fourth-order valence-corrected chi connectivity index (χ4v) is 5.76. The number of ether oxygens (including phenoxy) is 2. The number of alkyl halides is 2. The van der Waals surface area contributed by atoms with E-state index in [9.17, 15) is 28.0 Å². The molecule has 198 valence electrons. The van der Waals surface area contributed by atoms with Crippen LogP contribution in [0.1, 0.15) is 72.1 Å². The molecular formula is C26H29F2N3O6. The summed E-state index contributed by atoms with van der Waals surface area (Å²) in [5, 5.41) is 0. The van der Waals surface area contributed by atoms with Crippen molar-refractivity contribution in [2.24, 2.45) is 0 Å². The topological polar surface area (TPSA) is 99.8 Å². The first-order valence-electron chi connectivity index (χ1n) is 12.7. The molecule has 9 nitrogen and oxygen atoms in total. The molecule has 0 atom stereocenters. The van der Waals surface area contributed by atoms with Gasteiger partial charge < -0.3 is 14.4 Å². The lowest BCUT2D eigenvalue weighted by atomic mass is 9.90. The van der Waals surface area contributed by atoms with Crippen LogP contribution in [0.4, 0.5) is 13.6 Å². The second-order valence-electron chi connectivity index (χ2n) is 9.76. The molecule has 1 amide bonds. The number of amides is 1. The molecule has 2 aliphatic carbocycles. The third kappa shape index (κ3) is 4.55. The van der Waals surface area contributed by atoms with Crippen molar-refractivity contribution in [3.8, 4) is 0 Å². The van der Waals surface area contributed by atoms with Crippen LogP contribution in [-0.4, -0.2) is 51.9 Å². The van der Waals surface area contributed by atoms with Gasteiger partial charge in [-0.25, -0.2) is 23.2 Å². The van der Waals surface area contributed by atoms with E-state index in [1.165, 1.54) is 22.9 Å². The average Bonchev–Trinajstić information content (AvgIpc) is 3.45. The molecular weight excluding hydrogens is 488 g/mol. The third-order valence-electron chi connectivity index (χ3n) is 7.67. The number of esters is 1. The molecule has 0 unspecified atom stereocenters. The van der Waals surface area contributed by atoms with Gasteiger partial charge in [0.2, 0.25) is 0 Å². The highest BCUT2D eigenvalue weighted by molar-refractivity contribution is 5.88. The van der Waals surface area contributed by atoms with Gasteiger partial charge in [0, 0.05) is 30.3 Å². The van der Waals surface area contributed by atoms with Crippen LogP contribution in [0.15, 0.2) is 34.0 Å². The minimum absolute atomic E-state index is 0.00552. The van der Waals surface area contributed by atoms with E-state index in [2.05, 4.69) is 0 Å². The molecule has 1 aromatic carbocycles. The van der Waals surface area contributed by atoms with E-state index in [0.29, 0.717) is 50.0 Å². The number of benzene rings is 1. The number of cyclic esters (lactones) is 1. The van der Waals surface area contributed by atoms with Gasteiger partial charge in [-0.05, 0) is 50.2 Å². The van der Waals surface area contributed by atoms with Crippen molar-refractivity contribution in [2.75, 3.05) is 19.8 Å². The first kappa shape index (κ1) is 25.2. The predicted octanol–water partition coefficient (Wildman–Crippen LogP) is 3.21. The van der Waals surface area contributed by atoms with Crippen LogP contribution in [0.25, 0.3) is 0 Å². The Hall–Kier alpha value is -3.50. The Morgan fingerprint density at radius 3 is 2.54 bits per heavy atom. The van der Waals surface area contributed by atoms with Gasteiger partial charge in [-0.2, -0.15) is 0 Å². The van der Waals surface area contributed by atoms with Crippen LogP contribution in [0.2, 0.25) is 0 Å². The number of hydrogen-bond donors (Lipinski definition) is 0. The minimum Gasteiger partial charge on any atom is -0.462 e. The molecule has 0 radical (unpaired) electrons. The van der Waals surface area contributed by atoms with E-state index < -0.39 is 23.1 Å². The molecule has 2 fully saturated rings. The first-order valence-corrected chi connectivity index (χ1v) is 12.7. The summed E-state index contributed by atoms with van der Waals surface area (Å²) in [5.41, 5.74) is -0.883. The number of halogens is 2. The highest BCUT2D eigenvalue weighted by atomic mass is 19.3.